The van der Waals surface area contributed by atoms with Crippen LogP contribution >= 0.6 is 0 Å². The number of nitrogens with zero attached hydrogens (tertiary/aromatic N) is 3. The van der Waals surface area contributed by atoms with Crippen LogP contribution in [0.3, 0.4) is 0 Å². The molecule has 1 amide bonds. The molecule has 0 unspecified atom stereocenters. The number of aromatic nitrogens is 2. The molecule has 4 rings (SSSR count). The maximum atomic E-state index is 12.9. The van der Waals surface area contributed by atoms with Crippen LogP contribution in [0.15, 0.2) is 29.3 Å². The van der Waals surface area contributed by atoms with Crippen molar-refractivity contribution in [2.75, 3.05) is 19.7 Å². The Hall–Kier alpha value is -2.25. The molecule has 2 fully saturated rings. The topological polar surface area (TPSA) is 84.7 Å². The standard InChI is InChI=1S/C19H23N3O4/c1-21-12-20-15-11-13(4-5-14(15)18(21)25)17(24)22-8-6-19(7-9-22)16(23)3-2-10-26-19/h4-5,11-12,16,23H,2-3,6-10H2,1H3/t16-/m0/s1. The highest BCUT2D eigenvalue weighted by Crippen LogP contribution is 2.35. The zero-order valence-corrected chi connectivity index (χ0v) is 14.9. The van der Waals surface area contributed by atoms with E-state index in [1.54, 1.807) is 30.1 Å². The van der Waals surface area contributed by atoms with Crippen LogP contribution in [0.5, 0.6) is 0 Å². The Morgan fingerprint density at radius 2 is 2.12 bits per heavy atom. The van der Waals surface area contributed by atoms with Gasteiger partial charge in [-0.15, -0.1) is 0 Å². The smallest absolute Gasteiger partial charge is 0.260 e. The van der Waals surface area contributed by atoms with Crippen LogP contribution in [-0.2, 0) is 11.8 Å². The summed E-state index contributed by atoms with van der Waals surface area (Å²) in [6, 6.07) is 5.02. The van der Waals surface area contributed by atoms with Crippen LogP contribution in [0.1, 0.15) is 36.0 Å². The lowest BCUT2D eigenvalue weighted by molar-refractivity contribution is -0.174. The number of aliphatic hydroxyl groups excluding tert-OH is 1. The average molecular weight is 357 g/mol. The van der Waals surface area contributed by atoms with E-state index in [1.807, 2.05) is 0 Å². The van der Waals surface area contributed by atoms with Gasteiger partial charge >= 0.3 is 0 Å². The number of aliphatic hydroxyl groups is 1. The fourth-order valence-electron chi connectivity index (χ4n) is 4.00. The predicted molar refractivity (Wildman–Crippen MR) is 96.0 cm³/mol. The summed E-state index contributed by atoms with van der Waals surface area (Å²) in [7, 11) is 1.65. The van der Waals surface area contributed by atoms with Gasteiger partial charge in [-0.05, 0) is 43.9 Å². The Morgan fingerprint density at radius 1 is 1.35 bits per heavy atom. The van der Waals surface area contributed by atoms with Crippen LogP contribution < -0.4 is 5.56 Å². The Morgan fingerprint density at radius 3 is 2.85 bits per heavy atom. The lowest BCUT2D eigenvalue weighted by atomic mass is 9.82. The highest BCUT2D eigenvalue weighted by molar-refractivity contribution is 5.97. The molecule has 1 spiro atoms. The van der Waals surface area contributed by atoms with Crippen molar-refractivity contribution >= 4 is 16.8 Å². The molecule has 0 saturated carbocycles. The van der Waals surface area contributed by atoms with Crippen molar-refractivity contribution in [2.45, 2.75) is 37.4 Å². The molecular formula is C19H23N3O4. The number of piperidine rings is 1. The third kappa shape index (κ3) is 2.81. The summed E-state index contributed by atoms with van der Waals surface area (Å²) < 4.78 is 7.32. The van der Waals surface area contributed by atoms with Gasteiger partial charge in [-0.25, -0.2) is 4.98 Å². The lowest BCUT2D eigenvalue weighted by Gasteiger charge is -2.46. The van der Waals surface area contributed by atoms with Crippen molar-refractivity contribution in [3.05, 3.63) is 40.4 Å². The number of amides is 1. The Labute approximate surface area is 151 Å². The molecule has 7 heteroatoms. The minimum Gasteiger partial charge on any atom is -0.390 e. The summed E-state index contributed by atoms with van der Waals surface area (Å²) in [6.07, 6.45) is 3.95. The minimum atomic E-state index is -0.494. The SMILES string of the molecule is Cn1cnc2cc(C(=O)N3CCC4(CC3)OCCC[C@@H]4O)ccc2c1=O. The fraction of sp³-hybridized carbons (Fsp3) is 0.526. The zero-order valence-electron chi connectivity index (χ0n) is 14.9. The first-order chi connectivity index (χ1) is 12.5. The van der Waals surface area contributed by atoms with Gasteiger partial charge in [-0.1, -0.05) is 0 Å². The average Bonchev–Trinajstić information content (AvgIpc) is 2.67. The van der Waals surface area contributed by atoms with Gasteiger partial charge in [-0.2, -0.15) is 0 Å². The van der Waals surface area contributed by atoms with Gasteiger partial charge in [0.1, 0.15) is 0 Å². The van der Waals surface area contributed by atoms with Crippen LogP contribution in [0.2, 0.25) is 0 Å². The van der Waals surface area contributed by atoms with Gasteiger partial charge in [-0.3, -0.25) is 9.59 Å². The van der Waals surface area contributed by atoms with Crippen LogP contribution in [-0.4, -0.2) is 56.9 Å². The first-order valence-electron chi connectivity index (χ1n) is 9.07. The quantitative estimate of drug-likeness (QED) is 0.826. The van der Waals surface area contributed by atoms with Crippen molar-refractivity contribution in [1.82, 2.24) is 14.5 Å². The van der Waals surface area contributed by atoms with E-state index in [-0.39, 0.29) is 11.5 Å². The first kappa shape index (κ1) is 17.2. The largest absolute Gasteiger partial charge is 0.390 e. The van der Waals surface area contributed by atoms with E-state index < -0.39 is 11.7 Å². The van der Waals surface area contributed by atoms with Gasteiger partial charge in [0.25, 0.3) is 11.5 Å². The molecule has 0 bridgehead atoms. The molecule has 1 aromatic carbocycles. The number of aryl methyl sites for hydroxylation is 1. The van der Waals surface area contributed by atoms with Gasteiger partial charge in [0.15, 0.2) is 0 Å². The highest BCUT2D eigenvalue weighted by Gasteiger charge is 2.44. The lowest BCUT2D eigenvalue weighted by Crippen LogP contribution is -2.56. The predicted octanol–water partition coefficient (Wildman–Crippen LogP) is 1.08. The summed E-state index contributed by atoms with van der Waals surface area (Å²) in [5, 5.41) is 10.8. The van der Waals surface area contributed by atoms with E-state index in [2.05, 4.69) is 4.98 Å². The summed E-state index contributed by atoms with van der Waals surface area (Å²) in [6.45, 7) is 1.78. The molecule has 3 heterocycles. The van der Waals surface area contributed by atoms with E-state index in [1.165, 1.54) is 10.9 Å². The van der Waals surface area contributed by atoms with E-state index in [0.717, 1.165) is 12.8 Å². The van der Waals surface area contributed by atoms with E-state index >= 15 is 0 Å². The third-order valence-corrected chi connectivity index (χ3v) is 5.68. The summed E-state index contributed by atoms with van der Waals surface area (Å²) in [4.78, 5) is 31.0. The summed E-state index contributed by atoms with van der Waals surface area (Å²) >= 11 is 0. The molecule has 0 aliphatic carbocycles. The molecule has 138 valence electrons. The number of rotatable bonds is 1. The molecule has 1 atom stereocenters. The van der Waals surface area contributed by atoms with Gasteiger partial charge in [0, 0.05) is 32.3 Å². The van der Waals surface area contributed by atoms with Crippen LogP contribution in [0.25, 0.3) is 10.9 Å². The van der Waals surface area contributed by atoms with Crippen LogP contribution in [0.4, 0.5) is 0 Å². The van der Waals surface area contributed by atoms with Gasteiger partial charge < -0.3 is 19.3 Å². The number of hydrogen-bond donors (Lipinski definition) is 1. The molecule has 7 nitrogen and oxygen atoms in total. The van der Waals surface area contributed by atoms with Crippen molar-refractivity contribution < 1.29 is 14.6 Å². The Balaban J connectivity index is 1.53. The molecule has 2 aliphatic heterocycles. The number of ether oxygens (including phenoxy) is 1. The van der Waals surface area contributed by atoms with E-state index in [0.29, 0.717) is 49.0 Å². The monoisotopic (exact) mass is 357 g/mol. The molecule has 2 saturated heterocycles. The minimum absolute atomic E-state index is 0.0745. The molecule has 1 aromatic heterocycles. The molecule has 26 heavy (non-hydrogen) atoms. The Kier molecular flexibility index (Phi) is 4.28. The number of carbonyl (C=O) groups is 1. The molecule has 1 N–H and O–H groups in total. The molecule has 0 radical (unpaired) electrons. The number of hydrogen-bond acceptors (Lipinski definition) is 5. The van der Waals surface area contributed by atoms with E-state index in [4.69, 9.17) is 4.74 Å². The number of likely N-dealkylation sites (tertiary alicyclic amines) is 1. The Bertz CT molecular complexity index is 899. The second-order valence-corrected chi connectivity index (χ2v) is 7.26. The number of benzene rings is 1. The van der Waals surface area contributed by atoms with Crippen molar-refractivity contribution in [3.63, 3.8) is 0 Å². The number of fused-ring (bicyclic) bond motifs is 1. The molecular weight excluding hydrogens is 334 g/mol. The second kappa shape index (κ2) is 6.48. The molecule has 2 aromatic rings. The zero-order chi connectivity index (χ0) is 18.3. The van der Waals surface area contributed by atoms with Gasteiger partial charge in [0.05, 0.1) is 28.9 Å². The maximum absolute atomic E-state index is 12.9. The fourth-order valence-corrected chi connectivity index (χ4v) is 4.00. The van der Waals surface area contributed by atoms with Crippen LogP contribution in [0, 0.1) is 0 Å². The maximum Gasteiger partial charge on any atom is 0.260 e. The second-order valence-electron chi connectivity index (χ2n) is 7.26. The summed E-state index contributed by atoms with van der Waals surface area (Å²) in [5.41, 5.74) is 0.432. The first-order valence-corrected chi connectivity index (χ1v) is 9.07. The van der Waals surface area contributed by atoms with Gasteiger partial charge in [0.2, 0.25) is 0 Å². The van der Waals surface area contributed by atoms with Crippen molar-refractivity contribution in [3.8, 4) is 0 Å². The number of carbonyl (C=O) groups excluding carboxylic acids is 1. The molecule has 2 aliphatic rings. The third-order valence-electron chi connectivity index (χ3n) is 5.68. The normalized spacial score (nSPS) is 22.7. The van der Waals surface area contributed by atoms with E-state index in [9.17, 15) is 14.7 Å². The van der Waals surface area contributed by atoms with Crippen molar-refractivity contribution in [2.24, 2.45) is 7.05 Å². The van der Waals surface area contributed by atoms with Crippen molar-refractivity contribution in [1.29, 1.82) is 0 Å². The summed E-state index contributed by atoms with van der Waals surface area (Å²) in [5.74, 6) is -0.0745. The highest BCUT2D eigenvalue weighted by atomic mass is 16.5.